The molecule has 0 radical (unpaired) electrons. The van der Waals surface area contributed by atoms with Crippen LogP contribution in [-0.4, -0.2) is 22.4 Å². The summed E-state index contributed by atoms with van der Waals surface area (Å²) < 4.78 is 5.70. The molecule has 0 aromatic heterocycles. The number of ether oxygens (including phenoxy) is 1. The van der Waals surface area contributed by atoms with Gasteiger partial charge in [0.05, 0.1) is 11.7 Å². The quantitative estimate of drug-likeness (QED) is 0.847. The Bertz CT molecular complexity index is 395. The molecule has 0 saturated carbocycles. The first-order chi connectivity index (χ1) is 8.24. The van der Waals surface area contributed by atoms with Crippen LogP contribution >= 0.6 is 0 Å². The van der Waals surface area contributed by atoms with Gasteiger partial charge in [0.2, 0.25) is 0 Å². The molecule has 0 bridgehead atoms. The molecule has 0 amide bonds. The number of rotatable bonds is 5. The normalized spacial score (nSPS) is 16.4. The van der Waals surface area contributed by atoms with Gasteiger partial charge >= 0.3 is 0 Å². The average Bonchev–Trinajstić information content (AvgIpc) is 2.26. The summed E-state index contributed by atoms with van der Waals surface area (Å²) in [5.74, 6) is 0.753. The Hall–Kier alpha value is -1.06. The summed E-state index contributed by atoms with van der Waals surface area (Å²) in [6, 6.07) is 5.69. The summed E-state index contributed by atoms with van der Waals surface area (Å²) in [7, 11) is 0. The summed E-state index contributed by atoms with van der Waals surface area (Å²) >= 11 is 0. The van der Waals surface area contributed by atoms with Gasteiger partial charge in [-0.05, 0) is 38.3 Å². The summed E-state index contributed by atoms with van der Waals surface area (Å²) in [5.41, 5.74) is 0.943. The highest BCUT2D eigenvalue weighted by Crippen LogP contribution is 2.28. The van der Waals surface area contributed by atoms with Crippen molar-refractivity contribution < 1.29 is 14.9 Å². The minimum Gasteiger partial charge on any atom is -0.490 e. The predicted octanol–water partition coefficient (Wildman–Crippen LogP) is 2.83. The smallest absolute Gasteiger partial charge is 0.125 e. The molecular weight excluding hydrogens is 228 g/mol. The van der Waals surface area contributed by atoms with Crippen molar-refractivity contribution >= 4 is 0 Å². The Balaban J connectivity index is 2.87. The van der Waals surface area contributed by atoms with Gasteiger partial charge in [0, 0.05) is 5.56 Å². The van der Waals surface area contributed by atoms with Gasteiger partial charge in [-0.2, -0.15) is 0 Å². The van der Waals surface area contributed by atoms with Crippen LogP contribution in [0.25, 0.3) is 0 Å². The van der Waals surface area contributed by atoms with Crippen LogP contribution in [0.2, 0.25) is 0 Å². The first-order valence-electron chi connectivity index (χ1n) is 6.38. The molecule has 1 aromatic rings. The van der Waals surface area contributed by atoms with Crippen molar-refractivity contribution in [1.82, 2.24) is 0 Å². The van der Waals surface area contributed by atoms with Crippen LogP contribution in [0.3, 0.4) is 0 Å². The molecule has 3 heteroatoms. The Morgan fingerprint density at radius 3 is 2.39 bits per heavy atom. The maximum Gasteiger partial charge on any atom is 0.125 e. The second-order valence-corrected chi connectivity index (χ2v) is 5.52. The van der Waals surface area contributed by atoms with Gasteiger partial charge in [-0.15, -0.1) is 0 Å². The number of hydrogen-bond donors (Lipinski definition) is 2. The lowest BCUT2D eigenvalue weighted by Crippen LogP contribution is -2.38. The van der Waals surface area contributed by atoms with Gasteiger partial charge in [0.25, 0.3) is 0 Å². The zero-order valence-electron chi connectivity index (χ0n) is 11.9. The van der Waals surface area contributed by atoms with E-state index in [1.807, 2.05) is 39.0 Å². The Morgan fingerprint density at radius 1 is 1.28 bits per heavy atom. The summed E-state index contributed by atoms with van der Waals surface area (Å²) in [6.45, 7) is 9.56. The number of hydrogen-bond acceptors (Lipinski definition) is 3. The summed E-state index contributed by atoms with van der Waals surface area (Å²) in [5, 5.41) is 19.9. The minimum atomic E-state index is -0.875. The van der Waals surface area contributed by atoms with Crippen LogP contribution in [0.5, 0.6) is 5.75 Å². The summed E-state index contributed by atoms with van der Waals surface area (Å²) in [4.78, 5) is 0. The van der Waals surface area contributed by atoms with E-state index < -0.39 is 11.7 Å². The summed E-state index contributed by atoms with van der Waals surface area (Å²) in [6.07, 6.45) is -0.579. The average molecular weight is 252 g/mol. The molecule has 0 aliphatic carbocycles. The van der Waals surface area contributed by atoms with Crippen LogP contribution in [-0.2, 0) is 0 Å². The van der Waals surface area contributed by atoms with Gasteiger partial charge < -0.3 is 14.9 Å². The molecule has 0 spiro atoms. The maximum absolute atomic E-state index is 10.2. The van der Waals surface area contributed by atoms with E-state index in [4.69, 9.17) is 4.74 Å². The SMILES string of the molecule is Cc1ccc([C@H](C)O)c(OCC(C)(O)C(C)C)c1. The monoisotopic (exact) mass is 252 g/mol. The van der Waals surface area contributed by atoms with Gasteiger partial charge in [-0.3, -0.25) is 0 Å². The van der Waals surface area contributed by atoms with Crippen molar-refractivity contribution in [2.45, 2.75) is 46.3 Å². The minimum absolute atomic E-state index is 0.109. The molecule has 0 saturated heterocycles. The predicted molar refractivity (Wildman–Crippen MR) is 72.8 cm³/mol. The lowest BCUT2D eigenvalue weighted by atomic mass is 9.93. The van der Waals surface area contributed by atoms with E-state index >= 15 is 0 Å². The lowest BCUT2D eigenvalue weighted by molar-refractivity contribution is -0.0273. The molecule has 0 fully saturated rings. The highest BCUT2D eigenvalue weighted by atomic mass is 16.5. The molecular formula is C15H24O3. The van der Waals surface area contributed by atoms with Crippen molar-refractivity contribution in [2.24, 2.45) is 5.92 Å². The molecule has 1 unspecified atom stereocenters. The molecule has 18 heavy (non-hydrogen) atoms. The van der Waals surface area contributed by atoms with Gasteiger partial charge in [0.1, 0.15) is 12.4 Å². The molecule has 2 atom stereocenters. The van der Waals surface area contributed by atoms with E-state index in [-0.39, 0.29) is 12.5 Å². The number of aliphatic hydroxyl groups excluding tert-OH is 1. The fraction of sp³-hybridized carbons (Fsp3) is 0.600. The van der Waals surface area contributed by atoms with E-state index in [9.17, 15) is 10.2 Å². The highest BCUT2D eigenvalue weighted by Gasteiger charge is 2.26. The van der Waals surface area contributed by atoms with E-state index in [2.05, 4.69) is 0 Å². The first kappa shape index (κ1) is 15.0. The number of aryl methyl sites for hydroxylation is 1. The molecule has 1 aromatic carbocycles. The zero-order chi connectivity index (χ0) is 13.9. The zero-order valence-corrected chi connectivity index (χ0v) is 11.9. The molecule has 0 heterocycles. The second-order valence-electron chi connectivity index (χ2n) is 5.52. The van der Waals surface area contributed by atoms with E-state index in [1.54, 1.807) is 13.8 Å². The molecule has 0 aliphatic heterocycles. The van der Waals surface area contributed by atoms with E-state index in [0.717, 1.165) is 11.1 Å². The third kappa shape index (κ3) is 3.72. The third-order valence-electron chi connectivity index (χ3n) is 3.38. The number of aliphatic hydroxyl groups is 2. The van der Waals surface area contributed by atoms with E-state index in [1.165, 1.54) is 0 Å². The van der Waals surface area contributed by atoms with Crippen LogP contribution in [0.1, 0.15) is 44.9 Å². The van der Waals surface area contributed by atoms with Crippen molar-refractivity contribution in [3.05, 3.63) is 29.3 Å². The fourth-order valence-electron chi connectivity index (χ4n) is 1.50. The van der Waals surface area contributed by atoms with Gasteiger partial charge in [-0.1, -0.05) is 26.0 Å². The Morgan fingerprint density at radius 2 is 1.89 bits per heavy atom. The molecule has 0 aliphatic rings. The second kappa shape index (κ2) is 5.72. The molecule has 1 rings (SSSR count). The van der Waals surface area contributed by atoms with Crippen molar-refractivity contribution in [3.8, 4) is 5.75 Å². The highest BCUT2D eigenvalue weighted by molar-refractivity contribution is 5.38. The number of benzene rings is 1. The van der Waals surface area contributed by atoms with Crippen LogP contribution in [0, 0.1) is 12.8 Å². The van der Waals surface area contributed by atoms with Gasteiger partial charge in [0.15, 0.2) is 0 Å². The van der Waals surface area contributed by atoms with Crippen LogP contribution < -0.4 is 4.74 Å². The maximum atomic E-state index is 10.2. The molecule has 2 N–H and O–H groups in total. The Kier molecular flexibility index (Phi) is 4.77. The van der Waals surface area contributed by atoms with Crippen molar-refractivity contribution in [2.75, 3.05) is 6.61 Å². The van der Waals surface area contributed by atoms with Crippen molar-refractivity contribution in [3.63, 3.8) is 0 Å². The van der Waals surface area contributed by atoms with Crippen LogP contribution in [0.4, 0.5) is 0 Å². The largest absolute Gasteiger partial charge is 0.490 e. The standard InChI is InChI=1S/C15H24O3/c1-10(2)15(5,17)9-18-14-8-11(3)6-7-13(14)12(4)16/h6-8,10,12,16-17H,9H2,1-5H3/t12-,15?/m0/s1. The van der Waals surface area contributed by atoms with Crippen LogP contribution in [0.15, 0.2) is 18.2 Å². The first-order valence-corrected chi connectivity index (χ1v) is 6.38. The van der Waals surface area contributed by atoms with E-state index in [0.29, 0.717) is 5.75 Å². The fourth-order valence-corrected chi connectivity index (χ4v) is 1.50. The lowest BCUT2D eigenvalue weighted by Gasteiger charge is -2.28. The topological polar surface area (TPSA) is 49.7 Å². The van der Waals surface area contributed by atoms with Gasteiger partial charge in [-0.25, -0.2) is 0 Å². The Labute approximate surface area is 109 Å². The van der Waals surface area contributed by atoms with Crippen molar-refractivity contribution in [1.29, 1.82) is 0 Å². The molecule has 102 valence electrons. The third-order valence-corrected chi connectivity index (χ3v) is 3.38. The molecule has 3 nitrogen and oxygen atoms in total.